The molecule has 5 heteroatoms. The maximum Gasteiger partial charge on any atom is 0.229 e. The smallest absolute Gasteiger partial charge is 0.229 e. The van der Waals surface area contributed by atoms with E-state index in [9.17, 15) is 9.59 Å². The second-order valence-electron chi connectivity index (χ2n) is 6.95. The van der Waals surface area contributed by atoms with Crippen molar-refractivity contribution in [3.05, 3.63) is 59.7 Å². The van der Waals surface area contributed by atoms with E-state index >= 15 is 0 Å². The SMILES string of the molecule is CC[C@H](C)c1ccccc1N1C[C@H](C(=O)Nc2ccc(C#N)cc2)CC1=O. The molecule has 0 aromatic heterocycles. The van der Waals surface area contributed by atoms with Gasteiger partial charge in [0.05, 0.1) is 17.6 Å². The van der Waals surface area contributed by atoms with E-state index in [2.05, 4.69) is 25.2 Å². The van der Waals surface area contributed by atoms with Crippen molar-refractivity contribution in [3.63, 3.8) is 0 Å². The van der Waals surface area contributed by atoms with Crippen LogP contribution in [0.3, 0.4) is 0 Å². The van der Waals surface area contributed by atoms with Crippen molar-refractivity contribution >= 4 is 23.2 Å². The molecule has 1 heterocycles. The molecule has 1 aliphatic heterocycles. The highest BCUT2D eigenvalue weighted by molar-refractivity contribution is 6.03. The first-order chi connectivity index (χ1) is 13.0. The summed E-state index contributed by atoms with van der Waals surface area (Å²) < 4.78 is 0. The molecule has 2 aromatic rings. The van der Waals surface area contributed by atoms with Crippen LogP contribution in [0.1, 0.15) is 43.7 Å². The minimum Gasteiger partial charge on any atom is -0.326 e. The molecular formula is C22H23N3O2. The zero-order valence-electron chi connectivity index (χ0n) is 15.6. The summed E-state index contributed by atoms with van der Waals surface area (Å²) in [5.74, 6) is -0.235. The van der Waals surface area contributed by atoms with Crippen LogP contribution in [0.15, 0.2) is 48.5 Å². The van der Waals surface area contributed by atoms with E-state index in [1.54, 1.807) is 29.2 Å². The molecule has 0 bridgehead atoms. The van der Waals surface area contributed by atoms with Gasteiger partial charge < -0.3 is 10.2 Å². The van der Waals surface area contributed by atoms with Crippen LogP contribution in [-0.4, -0.2) is 18.4 Å². The molecule has 138 valence electrons. The molecule has 0 spiro atoms. The molecule has 2 amide bonds. The second kappa shape index (κ2) is 8.05. The van der Waals surface area contributed by atoms with Gasteiger partial charge in [-0.1, -0.05) is 32.0 Å². The van der Waals surface area contributed by atoms with Crippen LogP contribution in [0, 0.1) is 17.2 Å². The predicted octanol–water partition coefficient (Wildman–Crippen LogP) is 4.06. The molecular weight excluding hydrogens is 338 g/mol. The highest BCUT2D eigenvalue weighted by Crippen LogP contribution is 2.33. The van der Waals surface area contributed by atoms with E-state index in [0.29, 0.717) is 23.7 Å². The van der Waals surface area contributed by atoms with E-state index in [-0.39, 0.29) is 18.2 Å². The minimum atomic E-state index is -0.391. The van der Waals surface area contributed by atoms with Crippen LogP contribution in [0.2, 0.25) is 0 Å². The summed E-state index contributed by atoms with van der Waals surface area (Å²) in [5, 5.41) is 11.7. The fourth-order valence-electron chi connectivity index (χ4n) is 3.36. The number of nitrogens with zero attached hydrogens (tertiary/aromatic N) is 2. The summed E-state index contributed by atoms with van der Waals surface area (Å²) in [6.07, 6.45) is 1.19. The zero-order chi connectivity index (χ0) is 19.4. The highest BCUT2D eigenvalue weighted by Gasteiger charge is 2.36. The third-order valence-electron chi connectivity index (χ3n) is 5.15. The lowest BCUT2D eigenvalue weighted by molar-refractivity contribution is -0.122. The molecule has 0 unspecified atom stereocenters. The van der Waals surface area contributed by atoms with E-state index < -0.39 is 5.92 Å². The highest BCUT2D eigenvalue weighted by atomic mass is 16.2. The lowest BCUT2D eigenvalue weighted by atomic mass is 9.96. The Bertz CT molecular complexity index is 883. The Balaban J connectivity index is 1.73. The Morgan fingerprint density at radius 1 is 1.26 bits per heavy atom. The van der Waals surface area contributed by atoms with Gasteiger partial charge in [0.2, 0.25) is 11.8 Å². The number of nitriles is 1. The van der Waals surface area contributed by atoms with Gasteiger partial charge in [-0.2, -0.15) is 5.26 Å². The Labute approximate surface area is 159 Å². The van der Waals surface area contributed by atoms with Gasteiger partial charge in [-0.05, 0) is 48.2 Å². The molecule has 3 rings (SSSR count). The summed E-state index contributed by atoms with van der Waals surface area (Å²) >= 11 is 0. The molecule has 0 saturated carbocycles. The topological polar surface area (TPSA) is 73.2 Å². The molecule has 1 saturated heterocycles. The average molecular weight is 361 g/mol. The Hall–Kier alpha value is -3.13. The lowest BCUT2D eigenvalue weighted by Gasteiger charge is -2.23. The quantitative estimate of drug-likeness (QED) is 0.873. The lowest BCUT2D eigenvalue weighted by Crippen LogP contribution is -2.29. The average Bonchev–Trinajstić information content (AvgIpc) is 3.09. The first-order valence-electron chi connectivity index (χ1n) is 9.23. The third-order valence-corrected chi connectivity index (χ3v) is 5.15. The number of nitrogens with one attached hydrogen (secondary N) is 1. The molecule has 0 aliphatic carbocycles. The fourth-order valence-corrected chi connectivity index (χ4v) is 3.36. The van der Waals surface area contributed by atoms with Crippen LogP contribution in [0.5, 0.6) is 0 Å². The van der Waals surface area contributed by atoms with Crippen LogP contribution in [0.4, 0.5) is 11.4 Å². The van der Waals surface area contributed by atoms with Crippen LogP contribution >= 0.6 is 0 Å². The second-order valence-corrected chi connectivity index (χ2v) is 6.95. The largest absolute Gasteiger partial charge is 0.326 e. The maximum atomic E-state index is 12.6. The van der Waals surface area contributed by atoms with Gasteiger partial charge in [-0.15, -0.1) is 0 Å². The number of anilines is 2. The van der Waals surface area contributed by atoms with Crippen molar-refractivity contribution in [2.24, 2.45) is 5.92 Å². The van der Waals surface area contributed by atoms with Crippen LogP contribution < -0.4 is 10.2 Å². The summed E-state index contributed by atoms with van der Waals surface area (Å²) in [4.78, 5) is 27.0. The van der Waals surface area contributed by atoms with Crippen molar-refractivity contribution in [2.75, 3.05) is 16.8 Å². The number of benzene rings is 2. The van der Waals surface area contributed by atoms with E-state index in [0.717, 1.165) is 17.7 Å². The standard InChI is InChI=1S/C22H23N3O2/c1-3-15(2)19-6-4-5-7-20(19)25-14-17(12-21(25)26)22(27)24-18-10-8-16(13-23)9-11-18/h4-11,15,17H,3,12,14H2,1-2H3,(H,24,27)/t15-,17+/m0/s1. The van der Waals surface area contributed by atoms with Gasteiger partial charge in [0, 0.05) is 24.3 Å². The first-order valence-corrected chi connectivity index (χ1v) is 9.23. The number of amides is 2. The van der Waals surface area contributed by atoms with Gasteiger partial charge in [0.25, 0.3) is 0 Å². The van der Waals surface area contributed by atoms with Gasteiger partial charge in [0.15, 0.2) is 0 Å². The first kappa shape index (κ1) is 18.7. The number of carbonyl (C=O) groups excluding carboxylic acids is 2. The maximum absolute atomic E-state index is 12.6. The zero-order valence-corrected chi connectivity index (χ0v) is 15.6. The number of hydrogen-bond acceptors (Lipinski definition) is 3. The fraction of sp³-hybridized carbons (Fsp3) is 0.318. The predicted molar refractivity (Wildman–Crippen MR) is 105 cm³/mol. The molecule has 1 fully saturated rings. The molecule has 1 N–H and O–H groups in total. The van der Waals surface area contributed by atoms with Gasteiger partial charge in [0.1, 0.15) is 0 Å². The molecule has 27 heavy (non-hydrogen) atoms. The summed E-state index contributed by atoms with van der Waals surface area (Å²) in [7, 11) is 0. The number of carbonyl (C=O) groups is 2. The van der Waals surface area contributed by atoms with Crippen molar-refractivity contribution in [1.29, 1.82) is 5.26 Å². The third kappa shape index (κ3) is 4.01. The summed E-state index contributed by atoms with van der Waals surface area (Å²) in [6, 6.07) is 16.7. The van der Waals surface area contributed by atoms with E-state index in [1.807, 2.05) is 24.3 Å². The Morgan fingerprint density at radius 2 is 1.96 bits per heavy atom. The number of para-hydroxylation sites is 1. The van der Waals surface area contributed by atoms with Crippen molar-refractivity contribution in [1.82, 2.24) is 0 Å². The van der Waals surface area contributed by atoms with Gasteiger partial charge in [-0.3, -0.25) is 9.59 Å². The molecule has 1 aliphatic rings. The summed E-state index contributed by atoms with van der Waals surface area (Å²) in [6.45, 7) is 4.66. The Kier molecular flexibility index (Phi) is 5.56. The minimum absolute atomic E-state index is 0.0225. The van der Waals surface area contributed by atoms with E-state index in [4.69, 9.17) is 5.26 Å². The van der Waals surface area contributed by atoms with Crippen molar-refractivity contribution in [2.45, 2.75) is 32.6 Å². The molecule has 2 aromatic carbocycles. The molecule has 5 nitrogen and oxygen atoms in total. The normalized spacial score (nSPS) is 17.4. The van der Waals surface area contributed by atoms with Gasteiger partial charge in [-0.25, -0.2) is 0 Å². The molecule has 0 radical (unpaired) electrons. The van der Waals surface area contributed by atoms with E-state index in [1.165, 1.54) is 0 Å². The Morgan fingerprint density at radius 3 is 2.63 bits per heavy atom. The number of rotatable bonds is 5. The van der Waals surface area contributed by atoms with Crippen LogP contribution in [0.25, 0.3) is 0 Å². The van der Waals surface area contributed by atoms with Crippen LogP contribution in [-0.2, 0) is 9.59 Å². The summed E-state index contributed by atoms with van der Waals surface area (Å²) in [5.41, 5.74) is 3.22. The van der Waals surface area contributed by atoms with Crippen molar-refractivity contribution in [3.8, 4) is 6.07 Å². The van der Waals surface area contributed by atoms with Gasteiger partial charge >= 0.3 is 0 Å². The van der Waals surface area contributed by atoms with Crippen molar-refractivity contribution < 1.29 is 9.59 Å². The monoisotopic (exact) mass is 361 g/mol. The molecule has 2 atom stereocenters. The number of hydrogen-bond donors (Lipinski definition) is 1.